The molecule has 1 aliphatic carbocycles. The highest BCUT2D eigenvalue weighted by atomic mass is 16.5. The third kappa shape index (κ3) is 4.22. The monoisotopic (exact) mass is 367 g/mol. The van der Waals surface area contributed by atoms with Crippen molar-refractivity contribution in [3.05, 3.63) is 63.6 Å². The van der Waals surface area contributed by atoms with Gasteiger partial charge in [0.15, 0.2) is 5.75 Å². The lowest BCUT2D eigenvalue weighted by molar-refractivity contribution is -0.121. The number of hydrogen-bond acceptors (Lipinski definition) is 4. The molecule has 6 heteroatoms. The topological polar surface area (TPSA) is 63.6 Å². The molecule has 1 aliphatic heterocycles. The number of fused-ring (bicyclic) bond motifs is 1. The molecule has 0 bridgehead atoms. The van der Waals surface area contributed by atoms with Crippen LogP contribution in [-0.2, 0) is 30.8 Å². The van der Waals surface area contributed by atoms with Crippen LogP contribution in [-0.4, -0.2) is 35.1 Å². The van der Waals surface area contributed by atoms with Crippen LogP contribution in [0.1, 0.15) is 29.7 Å². The average Bonchev–Trinajstić information content (AvgIpc) is 3.47. The number of methoxy groups -OCH3 is 1. The molecule has 1 N–H and O–H groups in total. The van der Waals surface area contributed by atoms with Crippen LogP contribution in [0.5, 0.6) is 5.75 Å². The Labute approximate surface area is 158 Å². The number of ether oxygens (including phenoxy) is 1. The van der Waals surface area contributed by atoms with Gasteiger partial charge in [0, 0.05) is 37.4 Å². The van der Waals surface area contributed by atoms with Crippen molar-refractivity contribution < 1.29 is 9.53 Å². The predicted octanol–water partition coefficient (Wildman–Crippen LogP) is 1.69. The van der Waals surface area contributed by atoms with Gasteiger partial charge in [0.1, 0.15) is 6.54 Å². The zero-order valence-electron chi connectivity index (χ0n) is 15.6. The molecule has 1 aromatic carbocycles. The van der Waals surface area contributed by atoms with E-state index in [-0.39, 0.29) is 23.6 Å². The second-order valence-electron chi connectivity index (χ2n) is 7.40. The number of carbonyl (C=O) groups excluding carboxylic acids is 1. The first-order valence-electron chi connectivity index (χ1n) is 9.48. The Bertz CT molecular complexity index is 902. The van der Waals surface area contributed by atoms with Gasteiger partial charge in [-0.2, -0.15) is 0 Å². The van der Waals surface area contributed by atoms with E-state index in [1.165, 1.54) is 18.2 Å². The van der Waals surface area contributed by atoms with Gasteiger partial charge in [-0.15, -0.1) is 0 Å². The van der Waals surface area contributed by atoms with E-state index in [1.54, 1.807) is 12.3 Å². The molecule has 0 unspecified atom stereocenters. The van der Waals surface area contributed by atoms with Crippen LogP contribution in [0.4, 0.5) is 0 Å². The maximum Gasteiger partial charge on any atom is 0.240 e. The van der Waals surface area contributed by atoms with Crippen LogP contribution in [0.25, 0.3) is 0 Å². The van der Waals surface area contributed by atoms with E-state index in [0.717, 1.165) is 38.0 Å². The van der Waals surface area contributed by atoms with E-state index in [1.807, 2.05) is 4.57 Å². The Morgan fingerprint density at radius 1 is 1.26 bits per heavy atom. The number of nitrogens with zero attached hydrogens (tertiary/aromatic N) is 2. The summed E-state index contributed by atoms with van der Waals surface area (Å²) in [5.74, 6) is 0.246. The summed E-state index contributed by atoms with van der Waals surface area (Å²) < 4.78 is 7.02. The van der Waals surface area contributed by atoms with Crippen molar-refractivity contribution in [3.63, 3.8) is 0 Å². The van der Waals surface area contributed by atoms with E-state index in [9.17, 15) is 9.59 Å². The minimum absolute atomic E-state index is 0.0200. The van der Waals surface area contributed by atoms with Gasteiger partial charge in [0.05, 0.1) is 13.3 Å². The van der Waals surface area contributed by atoms with Crippen molar-refractivity contribution >= 4 is 5.91 Å². The lowest BCUT2D eigenvalue weighted by Gasteiger charge is -2.29. The zero-order chi connectivity index (χ0) is 18.8. The standard InChI is InChI=1S/C21H25N3O3/c1-27-20-13-24(14-21(26)22-17-6-7-17)18(10-19(20)25)12-23-9-8-15-4-2-3-5-16(15)11-23/h2-5,10,13,17H,6-9,11-12,14H2,1H3,(H,22,26). The van der Waals surface area contributed by atoms with Gasteiger partial charge in [-0.25, -0.2) is 0 Å². The molecule has 1 aromatic heterocycles. The summed E-state index contributed by atoms with van der Waals surface area (Å²) in [6.45, 7) is 2.62. The number of benzene rings is 1. The molecule has 0 atom stereocenters. The number of nitrogens with one attached hydrogen (secondary N) is 1. The van der Waals surface area contributed by atoms with Gasteiger partial charge in [-0.3, -0.25) is 14.5 Å². The van der Waals surface area contributed by atoms with Crippen LogP contribution in [0, 0.1) is 0 Å². The van der Waals surface area contributed by atoms with Crippen molar-refractivity contribution in [2.45, 2.75) is 44.9 Å². The van der Waals surface area contributed by atoms with Crippen LogP contribution < -0.4 is 15.5 Å². The van der Waals surface area contributed by atoms with Gasteiger partial charge >= 0.3 is 0 Å². The maximum atomic E-state index is 12.3. The lowest BCUT2D eigenvalue weighted by Crippen LogP contribution is -2.34. The molecule has 142 valence electrons. The molecule has 6 nitrogen and oxygen atoms in total. The minimum atomic E-state index is -0.149. The smallest absolute Gasteiger partial charge is 0.240 e. The second-order valence-corrected chi connectivity index (χ2v) is 7.40. The predicted molar refractivity (Wildman–Crippen MR) is 103 cm³/mol. The largest absolute Gasteiger partial charge is 0.491 e. The second kappa shape index (κ2) is 7.56. The van der Waals surface area contributed by atoms with E-state index in [0.29, 0.717) is 12.6 Å². The number of aromatic nitrogens is 1. The van der Waals surface area contributed by atoms with Gasteiger partial charge in [0.25, 0.3) is 0 Å². The fourth-order valence-electron chi connectivity index (χ4n) is 3.60. The molecule has 2 aromatic rings. The highest BCUT2D eigenvalue weighted by Gasteiger charge is 2.24. The quantitative estimate of drug-likeness (QED) is 0.844. The first kappa shape index (κ1) is 17.8. The van der Waals surface area contributed by atoms with E-state index < -0.39 is 0 Å². The normalized spacial score (nSPS) is 16.6. The highest BCUT2D eigenvalue weighted by Crippen LogP contribution is 2.21. The SMILES string of the molecule is COc1cn(CC(=O)NC2CC2)c(CN2CCc3ccccc3C2)cc1=O. The van der Waals surface area contributed by atoms with Crippen LogP contribution in [0.2, 0.25) is 0 Å². The highest BCUT2D eigenvalue weighted by molar-refractivity contribution is 5.76. The molecule has 0 radical (unpaired) electrons. The van der Waals surface area contributed by atoms with E-state index in [4.69, 9.17) is 4.74 Å². The molecule has 4 rings (SSSR count). The van der Waals surface area contributed by atoms with Crippen molar-refractivity contribution in [3.8, 4) is 5.75 Å². The summed E-state index contributed by atoms with van der Waals surface area (Å²) in [6.07, 6.45) is 4.76. The minimum Gasteiger partial charge on any atom is -0.491 e. The number of pyridine rings is 1. The van der Waals surface area contributed by atoms with Crippen molar-refractivity contribution in [2.75, 3.05) is 13.7 Å². The molecule has 2 aliphatic rings. The van der Waals surface area contributed by atoms with Crippen LogP contribution >= 0.6 is 0 Å². The maximum absolute atomic E-state index is 12.3. The molecular weight excluding hydrogens is 342 g/mol. The van der Waals surface area contributed by atoms with Crippen LogP contribution in [0.3, 0.4) is 0 Å². The fraction of sp³-hybridized carbons (Fsp3) is 0.429. The zero-order valence-corrected chi connectivity index (χ0v) is 15.6. The average molecular weight is 367 g/mol. The number of hydrogen-bond donors (Lipinski definition) is 1. The van der Waals surface area contributed by atoms with Gasteiger partial charge < -0.3 is 14.6 Å². The van der Waals surface area contributed by atoms with E-state index >= 15 is 0 Å². The summed E-state index contributed by atoms with van der Waals surface area (Å²) >= 11 is 0. The molecule has 27 heavy (non-hydrogen) atoms. The molecule has 2 heterocycles. The molecule has 1 amide bonds. The van der Waals surface area contributed by atoms with Crippen molar-refractivity contribution in [2.24, 2.45) is 0 Å². The van der Waals surface area contributed by atoms with Gasteiger partial charge in [-0.05, 0) is 30.4 Å². The first-order chi connectivity index (χ1) is 13.1. The summed E-state index contributed by atoms with van der Waals surface area (Å²) in [7, 11) is 1.48. The molecule has 1 saturated carbocycles. The Morgan fingerprint density at radius 3 is 2.78 bits per heavy atom. The molecule has 1 fully saturated rings. The Hall–Kier alpha value is -2.60. The summed E-state index contributed by atoms with van der Waals surface area (Å²) in [5, 5.41) is 3.01. The number of carbonyl (C=O) groups is 1. The first-order valence-corrected chi connectivity index (χ1v) is 9.48. The molecular formula is C21H25N3O3. The molecule has 0 saturated heterocycles. The van der Waals surface area contributed by atoms with Crippen LogP contribution in [0.15, 0.2) is 41.3 Å². The third-order valence-electron chi connectivity index (χ3n) is 5.25. The van der Waals surface area contributed by atoms with Crippen molar-refractivity contribution in [1.82, 2.24) is 14.8 Å². The summed E-state index contributed by atoms with van der Waals surface area (Å²) in [5.41, 5.74) is 3.41. The van der Waals surface area contributed by atoms with Gasteiger partial charge in [0.2, 0.25) is 11.3 Å². The Morgan fingerprint density at radius 2 is 2.04 bits per heavy atom. The molecule has 0 spiro atoms. The van der Waals surface area contributed by atoms with E-state index in [2.05, 4.69) is 34.5 Å². The Balaban J connectivity index is 1.54. The number of rotatable bonds is 6. The van der Waals surface area contributed by atoms with Crippen molar-refractivity contribution in [1.29, 1.82) is 0 Å². The third-order valence-corrected chi connectivity index (χ3v) is 5.25. The summed E-state index contributed by atoms with van der Waals surface area (Å²) in [6, 6.07) is 10.4. The fourth-order valence-corrected chi connectivity index (χ4v) is 3.60. The summed E-state index contributed by atoms with van der Waals surface area (Å²) in [4.78, 5) is 26.9. The van der Waals surface area contributed by atoms with Gasteiger partial charge in [-0.1, -0.05) is 24.3 Å². The Kier molecular flexibility index (Phi) is 4.99. The lowest BCUT2D eigenvalue weighted by atomic mass is 10.00. The number of amides is 1.